The van der Waals surface area contributed by atoms with Crippen LogP contribution in [0.25, 0.3) is 0 Å². The van der Waals surface area contributed by atoms with Crippen molar-refractivity contribution >= 4 is 33.4 Å². The summed E-state index contributed by atoms with van der Waals surface area (Å²) in [5.41, 5.74) is 1.25. The van der Waals surface area contributed by atoms with Gasteiger partial charge in [0.15, 0.2) is 0 Å². The van der Waals surface area contributed by atoms with Crippen molar-refractivity contribution in [1.29, 1.82) is 0 Å². The van der Waals surface area contributed by atoms with Crippen LogP contribution in [-0.4, -0.2) is 22.8 Å². The van der Waals surface area contributed by atoms with E-state index in [-0.39, 0.29) is 23.6 Å². The summed E-state index contributed by atoms with van der Waals surface area (Å²) in [6, 6.07) is 10.3. The maximum Gasteiger partial charge on any atom is 0.274 e. The number of halogens is 1. The van der Waals surface area contributed by atoms with E-state index < -0.39 is 0 Å². The summed E-state index contributed by atoms with van der Waals surface area (Å²) < 4.78 is 0.864. The third-order valence-corrected chi connectivity index (χ3v) is 3.25. The molecule has 0 aliphatic rings. The molecule has 6 heteroatoms. The second-order valence-electron chi connectivity index (χ2n) is 5.02. The van der Waals surface area contributed by atoms with E-state index in [1.807, 2.05) is 26.0 Å². The number of nitrogens with one attached hydrogen (secondary N) is 2. The first-order valence-electron chi connectivity index (χ1n) is 6.79. The highest BCUT2D eigenvalue weighted by Crippen LogP contribution is 2.16. The van der Waals surface area contributed by atoms with E-state index in [4.69, 9.17) is 0 Å². The van der Waals surface area contributed by atoms with Crippen molar-refractivity contribution in [2.75, 3.05) is 5.32 Å². The summed E-state index contributed by atoms with van der Waals surface area (Å²) in [7, 11) is 0. The monoisotopic (exact) mass is 361 g/mol. The molecule has 22 heavy (non-hydrogen) atoms. The van der Waals surface area contributed by atoms with E-state index in [0.717, 1.165) is 4.47 Å². The Kier molecular flexibility index (Phi) is 5.27. The van der Waals surface area contributed by atoms with Crippen LogP contribution in [0.1, 0.15) is 34.7 Å². The summed E-state index contributed by atoms with van der Waals surface area (Å²) in [5.74, 6) is -0.591. The lowest BCUT2D eigenvalue weighted by Crippen LogP contribution is -2.30. The minimum absolute atomic E-state index is 0.0274. The zero-order chi connectivity index (χ0) is 16.1. The van der Waals surface area contributed by atoms with E-state index in [2.05, 4.69) is 31.5 Å². The molecule has 0 atom stereocenters. The van der Waals surface area contributed by atoms with Gasteiger partial charge in [0.05, 0.1) is 0 Å². The fraction of sp³-hybridized carbons (Fsp3) is 0.188. The number of amides is 2. The standard InChI is InChI=1S/C16H16BrN3O2/c1-10(2)19-15(21)11-6-7-18-14(8-11)16(22)20-13-5-3-4-12(17)9-13/h3-10H,1-2H3,(H,19,21)(H,20,22). The quantitative estimate of drug-likeness (QED) is 0.877. The Morgan fingerprint density at radius 2 is 1.91 bits per heavy atom. The number of pyridine rings is 1. The lowest BCUT2D eigenvalue weighted by Gasteiger charge is -2.09. The molecule has 0 saturated heterocycles. The number of hydrogen-bond donors (Lipinski definition) is 2. The Labute approximate surface area is 137 Å². The molecule has 0 aliphatic heterocycles. The molecule has 2 N–H and O–H groups in total. The molecule has 0 aliphatic carbocycles. The average molecular weight is 362 g/mol. The molecule has 0 unspecified atom stereocenters. The van der Waals surface area contributed by atoms with Crippen LogP contribution in [0.2, 0.25) is 0 Å². The van der Waals surface area contributed by atoms with E-state index in [9.17, 15) is 9.59 Å². The third-order valence-electron chi connectivity index (χ3n) is 2.76. The van der Waals surface area contributed by atoms with E-state index in [0.29, 0.717) is 11.3 Å². The number of hydrogen-bond acceptors (Lipinski definition) is 3. The van der Waals surface area contributed by atoms with Gasteiger partial charge in [0.25, 0.3) is 11.8 Å². The molecule has 0 spiro atoms. The molecule has 2 aromatic rings. The van der Waals surface area contributed by atoms with Gasteiger partial charge in [-0.1, -0.05) is 22.0 Å². The van der Waals surface area contributed by atoms with E-state index in [1.165, 1.54) is 12.3 Å². The number of rotatable bonds is 4. The Hall–Kier alpha value is -2.21. The first-order valence-corrected chi connectivity index (χ1v) is 7.59. The van der Waals surface area contributed by atoms with Crippen LogP contribution in [0.5, 0.6) is 0 Å². The van der Waals surface area contributed by atoms with Gasteiger partial charge in [-0.3, -0.25) is 14.6 Å². The van der Waals surface area contributed by atoms with Gasteiger partial charge in [0, 0.05) is 28.0 Å². The molecule has 2 amide bonds. The van der Waals surface area contributed by atoms with Crippen LogP contribution in [0.3, 0.4) is 0 Å². The molecule has 0 bridgehead atoms. The summed E-state index contributed by atoms with van der Waals surface area (Å²) in [6.45, 7) is 3.75. The molecule has 114 valence electrons. The second-order valence-corrected chi connectivity index (χ2v) is 5.94. The van der Waals surface area contributed by atoms with Crippen molar-refractivity contribution in [3.05, 3.63) is 58.3 Å². The highest BCUT2D eigenvalue weighted by Gasteiger charge is 2.12. The molecule has 0 saturated carbocycles. The highest BCUT2D eigenvalue weighted by atomic mass is 79.9. The Morgan fingerprint density at radius 1 is 1.14 bits per heavy atom. The van der Waals surface area contributed by atoms with Gasteiger partial charge in [0.1, 0.15) is 5.69 Å². The molecular formula is C16H16BrN3O2. The van der Waals surface area contributed by atoms with Crippen LogP contribution in [0.4, 0.5) is 5.69 Å². The van der Waals surface area contributed by atoms with Gasteiger partial charge in [-0.05, 0) is 44.2 Å². The molecule has 1 aromatic heterocycles. The van der Waals surface area contributed by atoms with Crippen LogP contribution >= 0.6 is 15.9 Å². The van der Waals surface area contributed by atoms with Crippen molar-refractivity contribution in [2.24, 2.45) is 0 Å². The zero-order valence-corrected chi connectivity index (χ0v) is 13.8. The molecular weight excluding hydrogens is 346 g/mol. The van der Waals surface area contributed by atoms with Crippen molar-refractivity contribution in [3.63, 3.8) is 0 Å². The smallest absolute Gasteiger partial charge is 0.274 e. The van der Waals surface area contributed by atoms with Gasteiger partial charge < -0.3 is 10.6 Å². The van der Waals surface area contributed by atoms with Crippen LogP contribution in [0.15, 0.2) is 47.1 Å². The Balaban J connectivity index is 2.15. The Morgan fingerprint density at radius 3 is 2.59 bits per heavy atom. The van der Waals surface area contributed by atoms with Crippen LogP contribution in [0, 0.1) is 0 Å². The first-order chi connectivity index (χ1) is 10.5. The molecule has 0 fully saturated rings. The molecule has 2 rings (SSSR count). The number of nitrogens with zero attached hydrogens (tertiary/aromatic N) is 1. The zero-order valence-electron chi connectivity index (χ0n) is 12.3. The second kappa shape index (κ2) is 7.17. The van der Waals surface area contributed by atoms with Crippen LogP contribution in [-0.2, 0) is 0 Å². The van der Waals surface area contributed by atoms with Gasteiger partial charge in [0.2, 0.25) is 0 Å². The predicted molar refractivity (Wildman–Crippen MR) is 88.9 cm³/mol. The average Bonchev–Trinajstić information content (AvgIpc) is 2.46. The maximum absolute atomic E-state index is 12.2. The predicted octanol–water partition coefficient (Wildman–Crippen LogP) is 3.23. The largest absolute Gasteiger partial charge is 0.350 e. The number of carbonyl (C=O) groups is 2. The SMILES string of the molecule is CC(C)NC(=O)c1ccnc(C(=O)Nc2cccc(Br)c2)c1. The minimum atomic E-state index is -0.364. The number of benzene rings is 1. The lowest BCUT2D eigenvalue weighted by molar-refractivity contribution is 0.0943. The molecule has 1 heterocycles. The lowest BCUT2D eigenvalue weighted by atomic mass is 10.2. The summed E-state index contributed by atoms with van der Waals surface area (Å²) in [4.78, 5) is 28.2. The molecule has 1 aromatic carbocycles. The van der Waals surface area contributed by atoms with Crippen molar-refractivity contribution in [1.82, 2.24) is 10.3 Å². The molecule has 0 radical (unpaired) electrons. The van der Waals surface area contributed by atoms with Gasteiger partial charge in [-0.15, -0.1) is 0 Å². The van der Waals surface area contributed by atoms with Gasteiger partial charge in [-0.25, -0.2) is 0 Å². The van der Waals surface area contributed by atoms with Crippen LogP contribution < -0.4 is 10.6 Å². The topological polar surface area (TPSA) is 71.1 Å². The highest BCUT2D eigenvalue weighted by molar-refractivity contribution is 9.10. The fourth-order valence-corrected chi connectivity index (χ4v) is 2.20. The fourth-order valence-electron chi connectivity index (χ4n) is 1.80. The molecule has 5 nitrogen and oxygen atoms in total. The number of carbonyl (C=O) groups excluding carboxylic acids is 2. The normalized spacial score (nSPS) is 10.4. The summed E-state index contributed by atoms with van der Waals surface area (Å²) >= 11 is 3.34. The van der Waals surface area contributed by atoms with Crippen molar-refractivity contribution in [2.45, 2.75) is 19.9 Å². The maximum atomic E-state index is 12.2. The van der Waals surface area contributed by atoms with Crippen molar-refractivity contribution < 1.29 is 9.59 Å². The third kappa shape index (κ3) is 4.39. The number of anilines is 1. The van der Waals surface area contributed by atoms with Gasteiger partial charge in [-0.2, -0.15) is 0 Å². The first kappa shape index (κ1) is 16.2. The summed E-state index contributed by atoms with van der Waals surface area (Å²) in [6.07, 6.45) is 1.45. The summed E-state index contributed by atoms with van der Waals surface area (Å²) in [5, 5.41) is 5.52. The van der Waals surface area contributed by atoms with E-state index >= 15 is 0 Å². The minimum Gasteiger partial charge on any atom is -0.350 e. The number of aromatic nitrogens is 1. The van der Waals surface area contributed by atoms with E-state index in [1.54, 1.807) is 18.2 Å². The van der Waals surface area contributed by atoms with Gasteiger partial charge >= 0.3 is 0 Å². The Bertz CT molecular complexity index is 701. The van der Waals surface area contributed by atoms with Crippen molar-refractivity contribution in [3.8, 4) is 0 Å².